The van der Waals surface area contributed by atoms with Gasteiger partial charge in [-0.15, -0.1) is 24.8 Å². The van der Waals surface area contributed by atoms with Crippen molar-refractivity contribution >= 4 is 24.8 Å². The van der Waals surface area contributed by atoms with E-state index in [1.807, 2.05) is 18.2 Å². The molecule has 4 rings (SSSR count). The molecule has 178 valence electrons. The zero-order valence-electron chi connectivity index (χ0n) is 19.0. The van der Waals surface area contributed by atoms with Crippen LogP contribution in [0.5, 0.6) is 5.75 Å². The van der Waals surface area contributed by atoms with Gasteiger partial charge < -0.3 is 20.1 Å². The topological polar surface area (TPSA) is 44.7 Å². The maximum absolute atomic E-state index is 11.6. The van der Waals surface area contributed by atoms with Gasteiger partial charge in [-0.1, -0.05) is 61.7 Å². The standard InChI is InChI=1S/C26H36N2O2.2ClH/c1-27-23-14-17-28(18-23)19-25(26(29)15-6-3-7-16-26)22-10-12-24(13-11-22)30-20-21-8-4-2-5-9-21;;/h2,4-5,8-13,23,25,27,29H,3,6-7,14-20H2,1H3;2*1H/t23-,25?;;/m0../s1. The highest BCUT2D eigenvalue weighted by Gasteiger charge is 2.40. The van der Waals surface area contributed by atoms with Crippen LogP contribution < -0.4 is 10.1 Å². The van der Waals surface area contributed by atoms with Crippen LogP contribution in [0.2, 0.25) is 0 Å². The van der Waals surface area contributed by atoms with Crippen LogP contribution in [0, 0.1) is 0 Å². The number of hydrogen-bond acceptors (Lipinski definition) is 4. The predicted molar refractivity (Wildman–Crippen MR) is 136 cm³/mol. The lowest BCUT2D eigenvalue weighted by molar-refractivity contribution is -0.0295. The minimum atomic E-state index is -0.595. The molecule has 1 saturated carbocycles. The summed E-state index contributed by atoms with van der Waals surface area (Å²) in [7, 11) is 2.05. The van der Waals surface area contributed by atoms with Crippen LogP contribution in [0.3, 0.4) is 0 Å². The molecular formula is C26H38Cl2N2O2. The van der Waals surface area contributed by atoms with Gasteiger partial charge in [0, 0.05) is 25.0 Å². The van der Waals surface area contributed by atoms with E-state index in [4.69, 9.17) is 4.74 Å². The van der Waals surface area contributed by atoms with Crippen molar-refractivity contribution < 1.29 is 9.84 Å². The molecule has 0 amide bonds. The maximum atomic E-state index is 11.6. The molecule has 6 heteroatoms. The normalized spacial score (nSPS) is 21.2. The SMILES string of the molecule is CN[C@H]1CCN(CC(c2ccc(OCc3ccccc3)cc2)C2(O)CCCCC2)C1.Cl.Cl. The lowest BCUT2D eigenvalue weighted by Gasteiger charge is -2.41. The van der Waals surface area contributed by atoms with Crippen molar-refractivity contribution in [3.05, 3.63) is 65.7 Å². The number of benzene rings is 2. The molecule has 0 radical (unpaired) electrons. The summed E-state index contributed by atoms with van der Waals surface area (Å²) >= 11 is 0. The van der Waals surface area contributed by atoms with Crippen molar-refractivity contribution in [2.45, 2.75) is 62.7 Å². The van der Waals surface area contributed by atoms with Crippen LogP contribution in [-0.4, -0.2) is 48.3 Å². The Kier molecular flexibility index (Phi) is 10.8. The van der Waals surface area contributed by atoms with Crippen LogP contribution in [0.4, 0.5) is 0 Å². The second-order valence-corrected chi connectivity index (χ2v) is 9.09. The number of ether oxygens (including phenoxy) is 1. The molecule has 2 aromatic rings. The van der Waals surface area contributed by atoms with Gasteiger partial charge in [0.15, 0.2) is 0 Å². The number of halogens is 2. The smallest absolute Gasteiger partial charge is 0.119 e. The van der Waals surface area contributed by atoms with Gasteiger partial charge in [0.2, 0.25) is 0 Å². The van der Waals surface area contributed by atoms with Gasteiger partial charge in [-0.3, -0.25) is 0 Å². The first-order chi connectivity index (χ1) is 14.7. The van der Waals surface area contributed by atoms with Gasteiger partial charge in [-0.2, -0.15) is 0 Å². The molecule has 2 aromatic carbocycles. The first-order valence-electron chi connectivity index (χ1n) is 11.5. The zero-order chi connectivity index (χ0) is 20.8. The molecule has 1 aliphatic heterocycles. The average molecular weight is 482 g/mol. The summed E-state index contributed by atoms with van der Waals surface area (Å²) < 4.78 is 5.98. The van der Waals surface area contributed by atoms with Gasteiger partial charge in [0.25, 0.3) is 0 Å². The van der Waals surface area contributed by atoms with Gasteiger partial charge >= 0.3 is 0 Å². The number of aliphatic hydroxyl groups is 1. The van der Waals surface area contributed by atoms with E-state index < -0.39 is 5.60 Å². The molecule has 32 heavy (non-hydrogen) atoms. The quantitative estimate of drug-likeness (QED) is 0.545. The minimum absolute atomic E-state index is 0. The van der Waals surface area contributed by atoms with Crippen LogP contribution in [0.1, 0.15) is 55.6 Å². The summed E-state index contributed by atoms with van der Waals surface area (Å²) in [5, 5.41) is 15.0. The van der Waals surface area contributed by atoms with E-state index in [0.717, 1.165) is 51.1 Å². The van der Waals surface area contributed by atoms with E-state index >= 15 is 0 Å². The summed E-state index contributed by atoms with van der Waals surface area (Å²) in [5.74, 6) is 1.03. The number of likely N-dealkylation sites (N-methyl/N-ethyl adjacent to an activating group) is 1. The van der Waals surface area contributed by atoms with Gasteiger partial charge in [0.1, 0.15) is 12.4 Å². The van der Waals surface area contributed by atoms with E-state index in [9.17, 15) is 5.11 Å². The predicted octanol–water partition coefficient (Wildman–Crippen LogP) is 5.18. The first kappa shape index (κ1) is 26.9. The molecule has 1 heterocycles. The van der Waals surface area contributed by atoms with E-state index in [-0.39, 0.29) is 30.7 Å². The number of hydrogen-bond donors (Lipinski definition) is 2. The largest absolute Gasteiger partial charge is 0.489 e. The summed E-state index contributed by atoms with van der Waals surface area (Å²) in [6, 6.07) is 19.3. The Morgan fingerprint density at radius 3 is 2.34 bits per heavy atom. The van der Waals surface area contributed by atoms with Crippen molar-refractivity contribution in [1.82, 2.24) is 10.2 Å². The molecular weight excluding hydrogens is 443 g/mol. The molecule has 4 nitrogen and oxygen atoms in total. The Bertz CT molecular complexity index is 782. The fourth-order valence-electron chi connectivity index (χ4n) is 5.13. The summed E-state index contributed by atoms with van der Waals surface area (Å²) in [4.78, 5) is 2.53. The Morgan fingerprint density at radius 2 is 1.72 bits per heavy atom. The molecule has 0 spiro atoms. The highest BCUT2D eigenvalue weighted by molar-refractivity contribution is 5.85. The molecule has 2 atom stereocenters. The van der Waals surface area contributed by atoms with Crippen LogP contribution in [0.25, 0.3) is 0 Å². The molecule has 1 aliphatic carbocycles. The molecule has 2 N–H and O–H groups in total. The second kappa shape index (κ2) is 12.8. The third-order valence-electron chi connectivity index (χ3n) is 7.02. The van der Waals surface area contributed by atoms with Crippen LogP contribution >= 0.6 is 24.8 Å². The molecule has 0 aromatic heterocycles. The van der Waals surface area contributed by atoms with Crippen LogP contribution in [0.15, 0.2) is 54.6 Å². The summed E-state index contributed by atoms with van der Waals surface area (Å²) in [6.45, 7) is 3.68. The second-order valence-electron chi connectivity index (χ2n) is 9.09. The van der Waals surface area contributed by atoms with Crippen molar-refractivity contribution in [2.75, 3.05) is 26.7 Å². The number of rotatable bonds is 8. The van der Waals surface area contributed by atoms with Gasteiger partial charge in [-0.05, 0) is 56.1 Å². The number of likely N-dealkylation sites (tertiary alicyclic amines) is 1. The van der Waals surface area contributed by atoms with E-state index in [1.54, 1.807) is 0 Å². The third-order valence-corrected chi connectivity index (χ3v) is 7.02. The van der Waals surface area contributed by atoms with Crippen molar-refractivity contribution in [1.29, 1.82) is 0 Å². The molecule has 0 bridgehead atoms. The number of nitrogens with one attached hydrogen (secondary N) is 1. The Labute approximate surface area is 205 Å². The Balaban J connectivity index is 0.00000181. The Morgan fingerprint density at radius 1 is 1.03 bits per heavy atom. The minimum Gasteiger partial charge on any atom is -0.489 e. The summed E-state index contributed by atoms with van der Waals surface area (Å²) in [6.07, 6.45) is 6.51. The number of nitrogens with zero attached hydrogens (tertiary/aromatic N) is 1. The fraction of sp³-hybridized carbons (Fsp3) is 0.538. The fourth-order valence-corrected chi connectivity index (χ4v) is 5.13. The monoisotopic (exact) mass is 480 g/mol. The van der Waals surface area contributed by atoms with Gasteiger partial charge in [-0.25, -0.2) is 0 Å². The lowest BCUT2D eigenvalue weighted by atomic mass is 9.72. The lowest BCUT2D eigenvalue weighted by Crippen LogP contribution is -2.44. The average Bonchev–Trinajstić information content (AvgIpc) is 3.26. The van der Waals surface area contributed by atoms with Crippen molar-refractivity contribution in [3.8, 4) is 5.75 Å². The zero-order valence-corrected chi connectivity index (χ0v) is 20.7. The highest BCUT2D eigenvalue weighted by Crippen LogP contribution is 2.41. The van der Waals surface area contributed by atoms with E-state index in [2.05, 4.69) is 53.7 Å². The maximum Gasteiger partial charge on any atom is 0.119 e. The molecule has 2 aliphatic rings. The van der Waals surface area contributed by atoms with E-state index in [0.29, 0.717) is 12.6 Å². The van der Waals surface area contributed by atoms with E-state index in [1.165, 1.54) is 24.0 Å². The molecule has 1 saturated heterocycles. The summed E-state index contributed by atoms with van der Waals surface area (Å²) in [5.41, 5.74) is 1.81. The van der Waals surface area contributed by atoms with Crippen molar-refractivity contribution in [3.63, 3.8) is 0 Å². The third kappa shape index (κ3) is 6.85. The van der Waals surface area contributed by atoms with Gasteiger partial charge in [0.05, 0.1) is 5.60 Å². The highest BCUT2D eigenvalue weighted by atomic mass is 35.5. The first-order valence-corrected chi connectivity index (χ1v) is 11.5. The Hall–Kier alpha value is -1.30. The molecule has 1 unspecified atom stereocenters. The molecule has 2 fully saturated rings. The van der Waals surface area contributed by atoms with Crippen molar-refractivity contribution in [2.24, 2.45) is 0 Å². The van der Waals surface area contributed by atoms with Crippen LogP contribution in [-0.2, 0) is 6.61 Å².